The van der Waals surface area contributed by atoms with E-state index in [1.165, 1.54) is 5.56 Å². The van der Waals surface area contributed by atoms with Crippen LogP contribution in [0.5, 0.6) is 5.75 Å². The Morgan fingerprint density at radius 3 is 2.24 bits per heavy atom. The lowest BCUT2D eigenvalue weighted by Crippen LogP contribution is -2.30. The fraction of sp³-hybridized carbons (Fsp3) is 0.286. The van der Waals surface area contributed by atoms with Crippen molar-refractivity contribution in [3.8, 4) is 5.75 Å². The Labute approximate surface area is 201 Å². The van der Waals surface area contributed by atoms with Crippen molar-refractivity contribution >= 4 is 23.2 Å². The predicted molar refractivity (Wildman–Crippen MR) is 138 cm³/mol. The largest absolute Gasteiger partial charge is 0.491 e. The molecule has 0 atom stereocenters. The standard InChI is InChI=1S/C28H33N3O3/c1-3-31(4-2)28(33)23-16-18-24(19-17-23)30-27(32)21-29-25-14-8-9-15-26(25)34-20-10-13-22-11-6-5-7-12-22/h5-9,11-12,14-19,29H,3-4,10,13,20-21H2,1-2H3,(H,30,32). The summed E-state index contributed by atoms with van der Waals surface area (Å²) < 4.78 is 5.95. The molecule has 0 heterocycles. The van der Waals surface area contributed by atoms with E-state index in [-0.39, 0.29) is 18.4 Å². The third kappa shape index (κ3) is 7.37. The maximum atomic E-state index is 12.4. The molecule has 0 fully saturated rings. The molecule has 2 amide bonds. The van der Waals surface area contributed by atoms with Crippen LogP contribution in [-0.2, 0) is 11.2 Å². The second kappa shape index (κ2) is 13.0. The average molecular weight is 460 g/mol. The van der Waals surface area contributed by atoms with Gasteiger partial charge in [-0.3, -0.25) is 9.59 Å². The van der Waals surface area contributed by atoms with E-state index < -0.39 is 0 Å². The molecular formula is C28H33N3O3. The van der Waals surface area contributed by atoms with E-state index in [9.17, 15) is 9.59 Å². The number of para-hydroxylation sites is 2. The van der Waals surface area contributed by atoms with E-state index in [0.29, 0.717) is 30.9 Å². The number of nitrogens with one attached hydrogen (secondary N) is 2. The van der Waals surface area contributed by atoms with Gasteiger partial charge in [0, 0.05) is 24.3 Å². The number of ether oxygens (including phenoxy) is 1. The fourth-order valence-corrected chi connectivity index (χ4v) is 3.61. The van der Waals surface area contributed by atoms with Crippen LogP contribution in [0.1, 0.15) is 36.2 Å². The highest BCUT2D eigenvalue weighted by molar-refractivity contribution is 5.96. The van der Waals surface area contributed by atoms with Gasteiger partial charge in [0.05, 0.1) is 18.8 Å². The molecule has 0 spiro atoms. The normalized spacial score (nSPS) is 10.4. The molecule has 0 saturated heterocycles. The van der Waals surface area contributed by atoms with Crippen molar-refractivity contribution in [2.75, 3.05) is 36.9 Å². The van der Waals surface area contributed by atoms with Crippen molar-refractivity contribution in [1.29, 1.82) is 0 Å². The van der Waals surface area contributed by atoms with Crippen LogP contribution in [0.3, 0.4) is 0 Å². The maximum absolute atomic E-state index is 12.4. The van der Waals surface area contributed by atoms with E-state index >= 15 is 0 Å². The molecule has 3 rings (SSSR count). The lowest BCUT2D eigenvalue weighted by Gasteiger charge is -2.18. The van der Waals surface area contributed by atoms with Crippen molar-refractivity contribution in [3.63, 3.8) is 0 Å². The molecule has 0 bridgehead atoms. The van der Waals surface area contributed by atoms with Gasteiger partial charge in [0.1, 0.15) is 5.75 Å². The zero-order chi connectivity index (χ0) is 24.2. The monoisotopic (exact) mass is 459 g/mol. The van der Waals surface area contributed by atoms with E-state index in [1.54, 1.807) is 29.2 Å². The summed E-state index contributed by atoms with van der Waals surface area (Å²) >= 11 is 0. The molecule has 0 unspecified atom stereocenters. The Balaban J connectivity index is 1.47. The molecule has 0 radical (unpaired) electrons. The molecule has 6 heteroatoms. The highest BCUT2D eigenvalue weighted by atomic mass is 16.5. The molecule has 0 aliphatic carbocycles. The molecule has 178 valence electrons. The van der Waals surface area contributed by atoms with Crippen LogP contribution in [0, 0.1) is 0 Å². The van der Waals surface area contributed by atoms with Gasteiger partial charge in [0.2, 0.25) is 5.91 Å². The van der Waals surface area contributed by atoms with Gasteiger partial charge < -0.3 is 20.3 Å². The van der Waals surface area contributed by atoms with Crippen molar-refractivity contribution < 1.29 is 14.3 Å². The Morgan fingerprint density at radius 2 is 1.53 bits per heavy atom. The SMILES string of the molecule is CCN(CC)C(=O)c1ccc(NC(=O)CNc2ccccc2OCCCc2ccccc2)cc1. The number of benzene rings is 3. The minimum absolute atomic E-state index is 0.00933. The van der Waals surface area contributed by atoms with Gasteiger partial charge in [-0.2, -0.15) is 0 Å². The minimum Gasteiger partial charge on any atom is -0.491 e. The number of rotatable bonds is 12. The third-order valence-corrected chi connectivity index (χ3v) is 5.50. The van der Waals surface area contributed by atoms with Crippen LogP contribution in [0.2, 0.25) is 0 Å². The summed E-state index contributed by atoms with van der Waals surface area (Å²) in [5.74, 6) is 0.536. The zero-order valence-electron chi connectivity index (χ0n) is 19.9. The van der Waals surface area contributed by atoms with Crippen molar-refractivity contribution in [1.82, 2.24) is 4.90 Å². The van der Waals surface area contributed by atoms with Crippen LogP contribution >= 0.6 is 0 Å². The highest BCUT2D eigenvalue weighted by Crippen LogP contribution is 2.24. The zero-order valence-corrected chi connectivity index (χ0v) is 19.9. The molecule has 2 N–H and O–H groups in total. The first-order chi connectivity index (χ1) is 16.6. The highest BCUT2D eigenvalue weighted by Gasteiger charge is 2.12. The number of carbonyl (C=O) groups is 2. The summed E-state index contributed by atoms with van der Waals surface area (Å²) in [6, 6.07) is 24.9. The molecule has 0 saturated carbocycles. The van der Waals surface area contributed by atoms with Gasteiger partial charge in [-0.15, -0.1) is 0 Å². The number of nitrogens with zero attached hydrogens (tertiary/aromatic N) is 1. The van der Waals surface area contributed by atoms with Gasteiger partial charge in [-0.05, 0) is 68.7 Å². The van der Waals surface area contributed by atoms with E-state index in [0.717, 1.165) is 24.3 Å². The second-order valence-corrected chi connectivity index (χ2v) is 7.89. The summed E-state index contributed by atoms with van der Waals surface area (Å²) in [4.78, 5) is 26.6. The minimum atomic E-state index is -0.179. The molecule has 3 aromatic rings. The Morgan fingerprint density at radius 1 is 0.853 bits per heavy atom. The predicted octanol–water partition coefficient (Wildman–Crippen LogP) is 5.23. The molecule has 0 aliphatic rings. The number of aryl methyl sites for hydroxylation is 1. The summed E-state index contributed by atoms with van der Waals surface area (Å²) in [5, 5.41) is 6.01. The average Bonchev–Trinajstić information content (AvgIpc) is 2.87. The lowest BCUT2D eigenvalue weighted by molar-refractivity contribution is -0.114. The van der Waals surface area contributed by atoms with Gasteiger partial charge >= 0.3 is 0 Å². The number of hydrogen-bond acceptors (Lipinski definition) is 4. The van der Waals surface area contributed by atoms with Crippen molar-refractivity contribution in [3.05, 3.63) is 90.0 Å². The van der Waals surface area contributed by atoms with Crippen LogP contribution in [0.25, 0.3) is 0 Å². The molecule has 0 aromatic heterocycles. The Kier molecular flexibility index (Phi) is 9.52. The van der Waals surface area contributed by atoms with Gasteiger partial charge in [-0.25, -0.2) is 0 Å². The fourth-order valence-electron chi connectivity index (χ4n) is 3.61. The Bertz CT molecular complexity index is 1050. The number of carbonyl (C=O) groups excluding carboxylic acids is 2. The lowest BCUT2D eigenvalue weighted by atomic mass is 10.1. The molecular weight excluding hydrogens is 426 g/mol. The first-order valence-corrected chi connectivity index (χ1v) is 11.8. The van der Waals surface area contributed by atoms with Gasteiger partial charge in [0.15, 0.2) is 0 Å². The van der Waals surface area contributed by atoms with E-state index in [1.807, 2.05) is 56.3 Å². The molecule has 0 aliphatic heterocycles. The quantitative estimate of drug-likeness (QED) is 0.364. The summed E-state index contributed by atoms with van der Waals surface area (Å²) in [7, 11) is 0. The number of anilines is 2. The number of hydrogen-bond donors (Lipinski definition) is 2. The van der Waals surface area contributed by atoms with Crippen molar-refractivity contribution in [2.24, 2.45) is 0 Å². The third-order valence-electron chi connectivity index (χ3n) is 5.50. The molecule has 3 aromatic carbocycles. The van der Waals surface area contributed by atoms with Crippen LogP contribution < -0.4 is 15.4 Å². The summed E-state index contributed by atoms with van der Waals surface area (Å²) in [6.07, 6.45) is 1.86. The summed E-state index contributed by atoms with van der Waals surface area (Å²) in [5.41, 5.74) is 3.32. The topological polar surface area (TPSA) is 70.7 Å². The Hall–Kier alpha value is -3.80. The number of amides is 2. The van der Waals surface area contributed by atoms with Crippen LogP contribution in [0.15, 0.2) is 78.9 Å². The second-order valence-electron chi connectivity index (χ2n) is 7.89. The van der Waals surface area contributed by atoms with Crippen molar-refractivity contribution in [2.45, 2.75) is 26.7 Å². The summed E-state index contributed by atoms with van der Waals surface area (Å²) in [6.45, 7) is 5.94. The maximum Gasteiger partial charge on any atom is 0.253 e. The van der Waals surface area contributed by atoms with E-state index in [4.69, 9.17) is 4.74 Å². The molecule has 6 nitrogen and oxygen atoms in total. The van der Waals surface area contributed by atoms with Crippen LogP contribution in [0.4, 0.5) is 11.4 Å². The van der Waals surface area contributed by atoms with Gasteiger partial charge in [0.25, 0.3) is 5.91 Å². The first kappa shape index (κ1) is 24.8. The smallest absolute Gasteiger partial charge is 0.253 e. The first-order valence-electron chi connectivity index (χ1n) is 11.8. The molecule has 34 heavy (non-hydrogen) atoms. The van der Waals surface area contributed by atoms with Crippen LogP contribution in [-0.4, -0.2) is 43.0 Å². The van der Waals surface area contributed by atoms with E-state index in [2.05, 4.69) is 22.8 Å². The van der Waals surface area contributed by atoms with Gasteiger partial charge in [-0.1, -0.05) is 42.5 Å².